The lowest BCUT2D eigenvalue weighted by atomic mass is 10.1. The third-order valence-corrected chi connectivity index (χ3v) is 6.90. The number of carbonyl (C=O) groups is 2. The van der Waals surface area contributed by atoms with E-state index in [1.807, 2.05) is 20.8 Å². The zero-order valence-corrected chi connectivity index (χ0v) is 22.3. The monoisotopic (exact) mass is 527 g/mol. The van der Waals surface area contributed by atoms with Crippen molar-refractivity contribution in [3.63, 3.8) is 0 Å². The number of hydrogen-bond acceptors (Lipinski definition) is 4. The van der Waals surface area contributed by atoms with Crippen LogP contribution >= 0.6 is 23.2 Å². The van der Waals surface area contributed by atoms with Gasteiger partial charge in [0.15, 0.2) is 0 Å². The normalized spacial score (nSPS) is 12.4. The third kappa shape index (κ3) is 7.61. The molecule has 0 spiro atoms. The summed E-state index contributed by atoms with van der Waals surface area (Å²) in [6, 6.07) is 10.8. The van der Waals surface area contributed by atoms with Crippen LogP contribution in [0, 0.1) is 6.92 Å². The Balaban J connectivity index is 2.46. The van der Waals surface area contributed by atoms with E-state index in [2.05, 4.69) is 5.32 Å². The van der Waals surface area contributed by atoms with Gasteiger partial charge in [0.05, 0.1) is 11.9 Å². The lowest BCUT2D eigenvalue weighted by Crippen LogP contribution is -2.53. The average molecular weight is 529 g/mol. The van der Waals surface area contributed by atoms with E-state index in [1.165, 1.54) is 4.90 Å². The Kier molecular flexibility index (Phi) is 9.79. The highest BCUT2D eigenvalue weighted by Gasteiger charge is 2.32. The van der Waals surface area contributed by atoms with E-state index >= 15 is 0 Å². The summed E-state index contributed by atoms with van der Waals surface area (Å²) in [5.74, 6) is -0.847. The van der Waals surface area contributed by atoms with Crippen LogP contribution in [0.2, 0.25) is 10.0 Å². The third-order valence-electron chi connectivity index (χ3n) is 5.17. The molecule has 2 aromatic carbocycles. The average Bonchev–Trinajstić information content (AvgIpc) is 2.72. The SMILES string of the molecule is CCC(C(=O)NC(C)C)N(Cc1ccc(Cl)cc1Cl)C(=O)CN(c1ccc(C)cc1)S(C)(=O)=O. The van der Waals surface area contributed by atoms with Crippen molar-refractivity contribution in [2.45, 2.75) is 52.7 Å². The van der Waals surface area contributed by atoms with Crippen molar-refractivity contribution in [2.24, 2.45) is 0 Å². The Bertz CT molecular complexity index is 1120. The first-order valence-corrected chi connectivity index (χ1v) is 13.5. The quantitative estimate of drug-likeness (QED) is 0.495. The van der Waals surface area contributed by atoms with Gasteiger partial charge in [-0.05, 0) is 57.0 Å². The van der Waals surface area contributed by atoms with Gasteiger partial charge in [-0.15, -0.1) is 0 Å². The van der Waals surface area contributed by atoms with Crippen LogP contribution in [0.15, 0.2) is 42.5 Å². The van der Waals surface area contributed by atoms with Crippen molar-refractivity contribution in [3.05, 3.63) is 63.6 Å². The minimum Gasteiger partial charge on any atom is -0.352 e. The molecule has 0 fully saturated rings. The fourth-order valence-corrected chi connectivity index (χ4v) is 4.78. The van der Waals surface area contributed by atoms with E-state index in [4.69, 9.17) is 23.2 Å². The summed E-state index contributed by atoms with van der Waals surface area (Å²) in [4.78, 5) is 27.9. The highest BCUT2D eigenvalue weighted by molar-refractivity contribution is 7.92. The number of nitrogens with one attached hydrogen (secondary N) is 1. The summed E-state index contributed by atoms with van der Waals surface area (Å²) >= 11 is 12.4. The molecule has 0 heterocycles. The molecule has 0 saturated heterocycles. The minimum absolute atomic E-state index is 0.0182. The van der Waals surface area contributed by atoms with E-state index in [1.54, 1.807) is 49.4 Å². The van der Waals surface area contributed by atoms with Gasteiger partial charge in [-0.25, -0.2) is 8.42 Å². The fraction of sp³-hybridized carbons (Fsp3) is 0.417. The first-order valence-electron chi connectivity index (χ1n) is 10.9. The molecule has 0 aliphatic rings. The molecular formula is C24H31Cl2N3O4S. The molecule has 186 valence electrons. The second-order valence-corrected chi connectivity index (χ2v) is 11.2. The summed E-state index contributed by atoms with van der Waals surface area (Å²) in [7, 11) is -3.78. The summed E-state index contributed by atoms with van der Waals surface area (Å²) in [6.45, 7) is 6.90. The largest absolute Gasteiger partial charge is 0.352 e. The topological polar surface area (TPSA) is 86.8 Å². The number of nitrogens with zero attached hydrogens (tertiary/aromatic N) is 2. The Morgan fingerprint density at radius 3 is 2.18 bits per heavy atom. The number of carbonyl (C=O) groups excluding carboxylic acids is 2. The second kappa shape index (κ2) is 11.9. The molecule has 2 aromatic rings. The van der Waals surface area contributed by atoms with Crippen LogP contribution in [0.25, 0.3) is 0 Å². The molecule has 7 nitrogen and oxygen atoms in total. The maximum absolute atomic E-state index is 13.6. The molecule has 0 bridgehead atoms. The number of sulfonamides is 1. The molecule has 0 aliphatic carbocycles. The van der Waals surface area contributed by atoms with Crippen LogP contribution in [0.4, 0.5) is 5.69 Å². The van der Waals surface area contributed by atoms with E-state index in [0.717, 1.165) is 16.1 Å². The molecule has 1 N–H and O–H groups in total. The molecule has 1 atom stereocenters. The summed E-state index contributed by atoms with van der Waals surface area (Å²) < 4.78 is 26.2. The fourth-order valence-electron chi connectivity index (χ4n) is 3.46. The first kappa shape index (κ1) is 28.0. The molecule has 0 radical (unpaired) electrons. The zero-order chi connectivity index (χ0) is 25.6. The van der Waals surface area contributed by atoms with Gasteiger partial charge in [0.25, 0.3) is 0 Å². The van der Waals surface area contributed by atoms with Gasteiger partial charge in [-0.1, -0.05) is 53.9 Å². The van der Waals surface area contributed by atoms with Crippen molar-refractivity contribution in [1.82, 2.24) is 10.2 Å². The number of amides is 2. The van der Waals surface area contributed by atoms with Crippen LogP contribution in [0.1, 0.15) is 38.3 Å². The van der Waals surface area contributed by atoms with Crippen LogP contribution in [0.3, 0.4) is 0 Å². The number of rotatable bonds is 10. The minimum atomic E-state index is -3.78. The highest BCUT2D eigenvalue weighted by Crippen LogP contribution is 2.25. The standard InChI is InChI=1S/C24H31Cl2N3O4S/c1-6-22(24(31)27-16(2)3)28(14-18-9-10-19(25)13-21(18)26)23(30)15-29(34(5,32)33)20-11-7-17(4)8-12-20/h7-13,16,22H,6,14-15H2,1-5H3,(H,27,31). The van der Waals surface area contributed by atoms with E-state index < -0.39 is 28.5 Å². The van der Waals surface area contributed by atoms with E-state index in [0.29, 0.717) is 27.7 Å². The molecule has 0 saturated carbocycles. The summed E-state index contributed by atoms with van der Waals surface area (Å²) in [5, 5.41) is 3.63. The molecule has 34 heavy (non-hydrogen) atoms. The van der Waals surface area contributed by atoms with Gasteiger partial charge in [-0.3, -0.25) is 13.9 Å². The van der Waals surface area contributed by atoms with Crippen LogP contribution in [-0.2, 0) is 26.2 Å². The van der Waals surface area contributed by atoms with Crippen molar-refractivity contribution in [3.8, 4) is 0 Å². The molecule has 10 heteroatoms. The Labute approximate surface area is 212 Å². The van der Waals surface area contributed by atoms with Gasteiger partial charge in [0.2, 0.25) is 21.8 Å². The van der Waals surface area contributed by atoms with Crippen molar-refractivity contribution >= 4 is 50.7 Å². The maximum Gasteiger partial charge on any atom is 0.244 e. The van der Waals surface area contributed by atoms with Crippen molar-refractivity contribution < 1.29 is 18.0 Å². The number of aryl methyl sites for hydroxylation is 1. The summed E-state index contributed by atoms with van der Waals surface area (Å²) in [6.07, 6.45) is 1.38. The number of hydrogen-bond donors (Lipinski definition) is 1. The Hall–Kier alpha value is -2.29. The lowest BCUT2D eigenvalue weighted by Gasteiger charge is -2.33. The van der Waals surface area contributed by atoms with Crippen molar-refractivity contribution in [2.75, 3.05) is 17.1 Å². The van der Waals surface area contributed by atoms with Crippen LogP contribution in [0.5, 0.6) is 0 Å². The highest BCUT2D eigenvalue weighted by atomic mass is 35.5. The number of halogens is 2. The van der Waals surface area contributed by atoms with Gasteiger partial charge >= 0.3 is 0 Å². The predicted octanol–water partition coefficient (Wildman–Crippen LogP) is 4.40. The first-order chi connectivity index (χ1) is 15.8. The van der Waals surface area contributed by atoms with Crippen molar-refractivity contribution in [1.29, 1.82) is 0 Å². The van der Waals surface area contributed by atoms with Crippen LogP contribution in [-0.4, -0.2) is 50.0 Å². The van der Waals surface area contributed by atoms with E-state index in [-0.39, 0.29) is 18.5 Å². The van der Waals surface area contributed by atoms with Gasteiger partial charge < -0.3 is 10.2 Å². The molecular weight excluding hydrogens is 497 g/mol. The molecule has 1 unspecified atom stereocenters. The number of anilines is 1. The molecule has 0 aromatic heterocycles. The van der Waals surface area contributed by atoms with Crippen LogP contribution < -0.4 is 9.62 Å². The van der Waals surface area contributed by atoms with Gasteiger partial charge in [0, 0.05) is 22.6 Å². The maximum atomic E-state index is 13.6. The summed E-state index contributed by atoms with van der Waals surface area (Å²) in [5.41, 5.74) is 1.92. The van der Waals surface area contributed by atoms with Gasteiger partial charge in [-0.2, -0.15) is 0 Å². The molecule has 2 rings (SSSR count). The Morgan fingerprint density at radius 2 is 1.68 bits per heavy atom. The smallest absolute Gasteiger partial charge is 0.244 e. The van der Waals surface area contributed by atoms with E-state index in [9.17, 15) is 18.0 Å². The predicted molar refractivity (Wildman–Crippen MR) is 138 cm³/mol. The Morgan fingerprint density at radius 1 is 1.06 bits per heavy atom. The lowest BCUT2D eigenvalue weighted by molar-refractivity contribution is -0.140. The molecule has 0 aliphatic heterocycles. The van der Waals surface area contributed by atoms with Gasteiger partial charge in [0.1, 0.15) is 12.6 Å². The zero-order valence-electron chi connectivity index (χ0n) is 20.0. The second-order valence-electron chi connectivity index (χ2n) is 8.45. The number of benzene rings is 2. The molecule has 2 amide bonds.